The van der Waals surface area contributed by atoms with Gasteiger partial charge in [0.05, 0.1) is 11.6 Å². The van der Waals surface area contributed by atoms with Crippen LogP contribution < -0.4 is 5.32 Å². The summed E-state index contributed by atoms with van der Waals surface area (Å²) < 4.78 is 1.54. The Labute approximate surface area is 181 Å². The molecule has 8 nitrogen and oxygen atoms in total. The number of anilines is 1. The van der Waals surface area contributed by atoms with Crippen molar-refractivity contribution in [2.75, 3.05) is 11.9 Å². The Morgan fingerprint density at radius 1 is 1.13 bits per heavy atom. The zero-order chi connectivity index (χ0) is 22.0. The second-order valence-electron chi connectivity index (χ2n) is 8.78. The number of rotatable bonds is 5. The van der Waals surface area contributed by atoms with E-state index in [1.807, 2.05) is 57.2 Å². The molecule has 1 aliphatic heterocycles. The summed E-state index contributed by atoms with van der Waals surface area (Å²) in [7, 11) is 0. The predicted octanol–water partition coefficient (Wildman–Crippen LogP) is 2.95. The van der Waals surface area contributed by atoms with E-state index >= 15 is 0 Å². The minimum absolute atomic E-state index is 0.0146. The van der Waals surface area contributed by atoms with Crippen LogP contribution in [0.15, 0.2) is 54.9 Å². The van der Waals surface area contributed by atoms with E-state index in [-0.39, 0.29) is 23.7 Å². The fourth-order valence-corrected chi connectivity index (χ4v) is 3.52. The average molecular weight is 419 g/mol. The molecule has 0 radical (unpaired) electrons. The summed E-state index contributed by atoms with van der Waals surface area (Å²) in [5, 5.41) is 7.57. The van der Waals surface area contributed by atoms with Gasteiger partial charge in [0.15, 0.2) is 0 Å². The Morgan fingerprint density at radius 3 is 2.52 bits per heavy atom. The molecule has 31 heavy (non-hydrogen) atoms. The van der Waals surface area contributed by atoms with Gasteiger partial charge in [-0.15, -0.1) is 0 Å². The maximum Gasteiger partial charge on any atom is 0.252 e. The summed E-state index contributed by atoms with van der Waals surface area (Å²) in [5.74, 6) is 0.228. The van der Waals surface area contributed by atoms with Crippen LogP contribution >= 0.6 is 0 Å². The maximum absolute atomic E-state index is 13.0. The Hall–Kier alpha value is -3.55. The summed E-state index contributed by atoms with van der Waals surface area (Å²) in [4.78, 5) is 35.8. The third-order valence-corrected chi connectivity index (χ3v) is 5.27. The van der Waals surface area contributed by atoms with Crippen LogP contribution in [0, 0.1) is 5.92 Å². The molecule has 1 N–H and O–H groups in total. The van der Waals surface area contributed by atoms with Gasteiger partial charge in [0, 0.05) is 43.4 Å². The predicted molar refractivity (Wildman–Crippen MR) is 116 cm³/mol. The zero-order valence-electron chi connectivity index (χ0n) is 17.9. The van der Waals surface area contributed by atoms with E-state index in [4.69, 9.17) is 0 Å². The van der Waals surface area contributed by atoms with E-state index in [2.05, 4.69) is 20.4 Å². The van der Waals surface area contributed by atoms with Crippen molar-refractivity contribution >= 4 is 17.6 Å². The minimum atomic E-state index is -0.422. The number of nitrogens with one attached hydrogen (secondary N) is 1. The lowest BCUT2D eigenvalue weighted by Gasteiger charge is -2.16. The summed E-state index contributed by atoms with van der Waals surface area (Å²) in [6.45, 7) is 7.05. The molecule has 3 heterocycles. The first kappa shape index (κ1) is 20.7. The molecular weight excluding hydrogens is 392 g/mol. The Morgan fingerprint density at radius 2 is 1.84 bits per heavy atom. The van der Waals surface area contributed by atoms with Crippen LogP contribution in [0.4, 0.5) is 5.82 Å². The van der Waals surface area contributed by atoms with Gasteiger partial charge >= 0.3 is 0 Å². The van der Waals surface area contributed by atoms with Crippen LogP contribution in [0.5, 0.6) is 0 Å². The largest absolute Gasteiger partial charge is 0.338 e. The summed E-state index contributed by atoms with van der Waals surface area (Å²) in [6.07, 6.45) is 3.45. The molecule has 0 bridgehead atoms. The van der Waals surface area contributed by atoms with Crippen molar-refractivity contribution in [3.63, 3.8) is 0 Å². The molecule has 8 heteroatoms. The first-order valence-electron chi connectivity index (χ1n) is 10.3. The normalized spacial score (nSPS) is 16.5. The molecule has 1 fully saturated rings. The lowest BCUT2D eigenvalue weighted by Crippen LogP contribution is -2.28. The van der Waals surface area contributed by atoms with E-state index in [1.54, 1.807) is 23.4 Å². The van der Waals surface area contributed by atoms with Crippen molar-refractivity contribution in [3.05, 3.63) is 66.1 Å². The number of nitrogens with zero attached hydrogens (tertiary/aromatic N) is 5. The standard InChI is InChI=1S/C23H26N6O2/c1-23(2,3)18-13-19(29(27-18)22-24-10-7-11-25-22)26-21(31)17-12-20(30)28(15-17)14-16-8-5-4-6-9-16/h4-11,13,17H,12,14-15H2,1-3H3,(H,26,31). The lowest BCUT2D eigenvalue weighted by atomic mass is 9.92. The second kappa shape index (κ2) is 8.29. The highest BCUT2D eigenvalue weighted by molar-refractivity contribution is 5.96. The van der Waals surface area contributed by atoms with Gasteiger partial charge in [0.25, 0.3) is 5.95 Å². The number of hydrogen-bond donors (Lipinski definition) is 1. The smallest absolute Gasteiger partial charge is 0.252 e. The van der Waals surface area contributed by atoms with Crippen molar-refractivity contribution in [1.82, 2.24) is 24.6 Å². The Bertz CT molecular complexity index is 1070. The van der Waals surface area contributed by atoms with Gasteiger partial charge in [-0.3, -0.25) is 9.59 Å². The van der Waals surface area contributed by atoms with E-state index in [9.17, 15) is 9.59 Å². The molecule has 1 atom stereocenters. The number of aromatic nitrogens is 4. The van der Waals surface area contributed by atoms with Crippen molar-refractivity contribution in [2.24, 2.45) is 5.92 Å². The molecule has 0 spiro atoms. The highest BCUT2D eigenvalue weighted by Gasteiger charge is 2.35. The molecular formula is C23H26N6O2. The Balaban J connectivity index is 1.52. The van der Waals surface area contributed by atoms with Gasteiger partial charge in [0.2, 0.25) is 11.8 Å². The second-order valence-corrected chi connectivity index (χ2v) is 8.78. The van der Waals surface area contributed by atoms with Gasteiger partial charge in [-0.25, -0.2) is 9.97 Å². The van der Waals surface area contributed by atoms with Crippen molar-refractivity contribution in [1.29, 1.82) is 0 Å². The van der Waals surface area contributed by atoms with Crippen LogP contribution in [-0.2, 0) is 21.5 Å². The quantitative estimate of drug-likeness (QED) is 0.688. The van der Waals surface area contributed by atoms with Crippen LogP contribution in [0.1, 0.15) is 38.4 Å². The Kier molecular flexibility index (Phi) is 5.54. The topological polar surface area (TPSA) is 93.0 Å². The third-order valence-electron chi connectivity index (χ3n) is 5.27. The fourth-order valence-electron chi connectivity index (χ4n) is 3.52. The van der Waals surface area contributed by atoms with E-state index in [0.717, 1.165) is 11.3 Å². The van der Waals surface area contributed by atoms with E-state index < -0.39 is 5.92 Å². The number of hydrogen-bond acceptors (Lipinski definition) is 5. The molecule has 1 aromatic carbocycles. The van der Waals surface area contributed by atoms with Gasteiger partial charge in [-0.2, -0.15) is 9.78 Å². The molecule has 0 aliphatic carbocycles. The molecule has 3 aromatic rings. The number of carbonyl (C=O) groups excluding carboxylic acids is 2. The van der Waals surface area contributed by atoms with E-state index in [1.165, 1.54) is 4.68 Å². The maximum atomic E-state index is 13.0. The number of amides is 2. The minimum Gasteiger partial charge on any atom is -0.338 e. The molecule has 1 unspecified atom stereocenters. The van der Waals surface area contributed by atoms with Crippen LogP contribution in [-0.4, -0.2) is 43.0 Å². The first-order valence-corrected chi connectivity index (χ1v) is 10.3. The fraction of sp³-hybridized carbons (Fsp3) is 0.348. The molecule has 2 amide bonds. The summed E-state index contributed by atoms with van der Waals surface area (Å²) >= 11 is 0. The summed E-state index contributed by atoms with van der Waals surface area (Å²) in [6, 6.07) is 13.4. The monoisotopic (exact) mass is 418 g/mol. The van der Waals surface area contributed by atoms with Crippen molar-refractivity contribution < 1.29 is 9.59 Å². The van der Waals surface area contributed by atoms with Gasteiger partial charge in [-0.05, 0) is 11.6 Å². The molecule has 160 valence electrons. The first-order chi connectivity index (χ1) is 14.8. The van der Waals surface area contributed by atoms with Crippen LogP contribution in [0.2, 0.25) is 0 Å². The van der Waals surface area contributed by atoms with Gasteiger partial charge in [0.1, 0.15) is 5.82 Å². The molecule has 4 rings (SSSR count). The molecule has 2 aromatic heterocycles. The molecule has 1 aliphatic rings. The van der Waals surface area contributed by atoms with Crippen LogP contribution in [0.3, 0.4) is 0 Å². The van der Waals surface area contributed by atoms with Gasteiger partial charge < -0.3 is 10.2 Å². The highest BCUT2D eigenvalue weighted by atomic mass is 16.2. The third kappa shape index (κ3) is 4.63. The van der Waals surface area contributed by atoms with Crippen LogP contribution in [0.25, 0.3) is 5.95 Å². The zero-order valence-corrected chi connectivity index (χ0v) is 17.9. The lowest BCUT2D eigenvalue weighted by molar-refractivity contribution is -0.128. The molecule has 0 saturated carbocycles. The number of likely N-dealkylation sites (tertiary alicyclic amines) is 1. The highest BCUT2D eigenvalue weighted by Crippen LogP contribution is 2.27. The van der Waals surface area contributed by atoms with Gasteiger partial charge in [-0.1, -0.05) is 51.1 Å². The molecule has 1 saturated heterocycles. The van der Waals surface area contributed by atoms with Crippen molar-refractivity contribution in [3.8, 4) is 5.95 Å². The number of carbonyl (C=O) groups is 2. The SMILES string of the molecule is CC(C)(C)c1cc(NC(=O)C2CC(=O)N(Cc3ccccc3)C2)n(-c2ncccn2)n1. The van der Waals surface area contributed by atoms with Crippen molar-refractivity contribution in [2.45, 2.75) is 39.2 Å². The summed E-state index contributed by atoms with van der Waals surface area (Å²) in [5.41, 5.74) is 1.64. The number of benzene rings is 1. The average Bonchev–Trinajstić information content (AvgIpc) is 3.33. The van der Waals surface area contributed by atoms with E-state index in [0.29, 0.717) is 24.9 Å².